The van der Waals surface area contributed by atoms with Crippen molar-refractivity contribution in [1.82, 2.24) is 9.97 Å². The van der Waals surface area contributed by atoms with Crippen molar-refractivity contribution >= 4 is 0 Å². The number of aromatic nitrogens is 3. The maximum atomic E-state index is 12.8. The Morgan fingerprint density at radius 1 is 1.00 bits per heavy atom. The fraction of sp³-hybridized carbons (Fsp3) is 0. The van der Waals surface area contributed by atoms with Crippen molar-refractivity contribution in [1.29, 1.82) is 0 Å². The summed E-state index contributed by atoms with van der Waals surface area (Å²) < 4.78 is 18.9. The third-order valence-corrected chi connectivity index (χ3v) is 2.76. The lowest BCUT2D eigenvalue weighted by Gasteiger charge is -2.04. The van der Waals surface area contributed by atoms with Gasteiger partial charge in [-0.25, -0.2) is 14.4 Å². The molecule has 0 fully saturated rings. The molecule has 2 heterocycles. The maximum Gasteiger partial charge on any atom is 0.321 e. The van der Waals surface area contributed by atoms with Gasteiger partial charge in [-0.05, 0) is 30.3 Å². The summed E-state index contributed by atoms with van der Waals surface area (Å²) in [4.78, 5) is 8.13. The molecule has 0 aliphatic carbocycles. The van der Waals surface area contributed by atoms with Crippen molar-refractivity contribution in [2.75, 3.05) is 0 Å². The molecule has 0 atom stereocenters. The van der Waals surface area contributed by atoms with E-state index in [4.69, 9.17) is 4.74 Å². The normalized spacial score (nSPS) is 10.3. The molecular weight excluding hydrogens is 273 g/mol. The zero-order valence-corrected chi connectivity index (χ0v) is 10.8. The molecule has 0 amide bonds. The van der Waals surface area contributed by atoms with Crippen molar-refractivity contribution in [3.8, 4) is 22.9 Å². The maximum absolute atomic E-state index is 12.8. The molecular formula is C15H10FN3O2. The summed E-state index contributed by atoms with van der Waals surface area (Å²) >= 11 is 0. The highest BCUT2D eigenvalue weighted by molar-refractivity contribution is 5.59. The van der Waals surface area contributed by atoms with Crippen LogP contribution in [0.3, 0.4) is 0 Å². The molecule has 0 aliphatic heterocycles. The van der Waals surface area contributed by atoms with Crippen LogP contribution in [0, 0.1) is 11.0 Å². The largest absolute Gasteiger partial charge is 0.619 e. The molecule has 0 unspecified atom stereocenters. The third-order valence-electron chi connectivity index (χ3n) is 2.76. The summed E-state index contributed by atoms with van der Waals surface area (Å²) in [5.74, 6) is 0.106. The van der Waals surface area contributed by atoms with E-state index in [1.807, 2.05) is 0 Å². The van der Waals surface area contributed by atoms with Crippen molar-refractivity contribution in [2.24, 2.45) is 0 Å². The molecule has 104 valence electrons. The van der Waals surface area contributed by atoms with E-state index < -0.39 is 0 Å². The zero-order chi connectivity index (χ0) is 14.7. The number of hydrogen-bond donors (Lipinski definition) is 0. The molecule has 21 heavy (non-hydrogen) atoms. The standard InChI is InChI=1S/C15H10FN3O2/c16-13-3-5-14(6-4-13)21-15-17-8-12(9-18-15)11-2-1-7-19(20)10-11/h1-10H. The molecule has 6 heteroatoms. The molecule has 1 aromatic carbocycles. The van der Waals surface area contributed by atoms with Crippen molar-refractivity contribution in [2.45, 2.75) is 0 Å². The quantitative estimate of drug-likeness (QED) is 0.547. The van der Waals surface area contributed by atoms with Gasteiger partial charge in [-0.3, -0.25) is 0 Å². The van der Waals surface area contributed by atoms with Crippen LogP contribution in [-0.2, 0) is 0 Å². The SMILES string of the molecule is [O-][n+]1cccc(-c2cnc(Oc3ccc(F)cc3)nc2)c1. The number of nitrogens with zero attached hydrogens (tertiary/aromatic N) is 3. The van der Waals surface area contributed by atoms with E-state index in [9.17, 15) is 9.60 Å². The summed E-state index contributed by atoms with van der Waals surface area (Å²) in [7, 11) is 0. The first-order valence-electron chi connectivity index (χ1n) is 6.15. The molecule has 0 N–H and O–H groups in total. The number of benzene rings is 1. The van der Waals surface area contributed by atoms with Gasteiger partial charge in [-0.1, -0.05) is 0 Å². The fourth-order valence-corrected chi connectivity index (χ4v) is 1.75. The molecule has 0 radical (unpaired) electrons. The van der Waals surface area contributed by atoms with Crippen LogP contribution in [0.25, 0.3) is 11.1 Å². The lowest BCUT2D eigenvalue weighted by Crippen LogP contribution is -2.23. The van der Waals surface area contributed by atoms with Crippen LogP contribution in [0.5, 0.6) is 11.8 Å². The van der Waals surface area contributed by atoms with E-state index in [0.717, 1.165) is 0 Å². The lowest BCUT2D eigenvalue weighted by atomic mass is 10.2. The van der Waals surface area contributed by atoms with Crippen LogP contribution in [0.1, 0.15) is 0 Å². The van der Waals surface area contributed by atoms with Crippen LogP contribution in [0.15, 0.2) is 61.2 Å². The van der Waals surface area contributed by atoms with E-state index in [1.165, 1.54) is 36.7 Å². The Bertz CT molecular complexity index is 746. The van der Waals surface area contributed by atoms with Crippen molar-refractivity contribution < 1.29 is 13.9 Å². The lowest BCUT2D eigenvalue weighted by molar-refractivity contribution is -0.604. The minimum Gasteiger partial charge on any atom is -0.619 e. The van der Waals surface area contributed by atoms with E-state index in [0.29, 0.717) is 21.6 Å². The minimum absolute atomic E-state index is 0.149. The second-order valence-corrected chi connectivity index (χ2v) is 4.26. The van der Waals surface area contributed by atoms with Crippen molar-refractivity contribution in [3.63, 3.8) is 0 Å². The van der Waals surface area contributed by atoms with E-state index in [1.54, 1.807) is 24.5 Å². The minimum atomic E-state index is -0.339. The first-order valence-corrected chi connectivity index (χ1v) is 6.15. The van der Waals surface area contributed by atoms with Gasteiger partial charge in [0.1, 0.15) is 11.6 Å². The van der Waals surface area contributed by atoms with E-state index in [-0.39, 0.29) is 11.8 Å². The molecule has 3 aromatic rings. The molecule has 0 aliphatic rings. The van der Waals surface area contributed by atoms with Crippen LogP contribution in [0.4, 0.5) is 4.39 Å². The van der Waals surface area contributed by atoms with Gasteiger partial charge in [0.25, 0.3) is 0 Å². The summed E-state index contributed by atoms with van der Waals surface area (Å²) in [6, 6.07) is 9.14. The Kier molecular flexibility index (Phi) is 3.42. The Balaban J connectivity index is 1.79. The van der Waals surface area contributed by atoms with Crippen LogP contribution < -0.4 is 9.47 Å². The molecule has 5 nitrogen and oxygen atoms in total. The number of halogens is 1. The third kappa shape index (κ3) is 3.11. The average Bonchev–Trinajstić information content (AvgIpc) is 2.50. The van der Waals surface area contributed by atoms with Crippen LogP contribution in [0.2, 0.25) is 0 Å². The van der Waals surface area contributed by atoms with Gasteiger partial charge >= 0.3 is 6.01 Å². The summed E-state index contributed by atoms with van der Waals surface area (Å²) in [6.45, 7) is 0. The Morgan fingerprint density at radius 3 is 2.38 bits per heavy atom. The number of pyridine rings is 1. The molecule has 0 saturated heterocycles. The van der Waals surface area contributed by atoms with Gasteiger partial charge in [0, 0.05) is 24.0 Å². The first kappa shape index (κ1) is 13.0. The highest BCUT2D eigenvalue weighted by Gasteiger charge is 2.05. The van der Waals surface area contributed by atoms with Gasteiger partial charge in [0.05, 0.1) is 5.56 Å². The van der Waals surface area contributed by atoms with Gasteiger partial charge in [0.2, 0.25) is 0 Å². The molecule has 0 saturated carbocycles. The Labute approximate surface area is 119 Å². The van der Waals surface area contributed by atoms with Gasteiger partial charge in [0.15, 0.2) is 12.4 Å². The molecule has 2 aromatic heterocycles. The number of ether oxygens (including phenoxy) is 1. The predicted octanol–water partition coefficient (Wildman–Crippen LogP) is 2.71. The monoisotopic (exact) mass is 283 g/mol. The van der Waals surface area contributed by atoms with Gasteiger partial charge < -0.3 is 9.94 Å². The van der Waals surface area contributed by atoms with Crippen LogP contribution >= 0.6 is 0 Å². The second kappa shape index (κ2) is 5.54. The van der Waals surface area contributed by atoms with Crippen molar-refractivity contribution in [3.05, 3.63) is 72.2 Å². The predicted molar refractivity (Wildman–Crippen MR) is 72.9 cm³/mol. The van der Waals surface area contributed by atoms with Gasteiger partial charge in [-0.15, -0.1) is 0 Å². The number of hydrogen-bond acceptors (Lipinski definition) is 4. The topological polar surface area (TPSA) is 62.0 Å². The molecule has 0 bridgehead atoms. The van der Waals surface area contributed by atoms with E-state index >= 15 is 0 Å². The van der Waals surface area contributed by atoms with Gasteiger partial charge in [-0.2, -0.15) is 4.73 Å². The second-order valence-electron chi connectivity index (χ2n) is 4.26. The van der Waals surface area contributed by atoms with Crippen LogP contribution in [-0.4, -0.2) is 9.97 Å². The highest BCUT2D eigenvalue weighted by Crippen LogP contribution is 2.20. The average molecular weight is 283 g/mol. The summed E-state index contributed by atoms with van der Waals surface area (Å²) in [6.07, 6.45) is 5.94. The molecule has 3 rings (SSSR count). The smallest absolute Gasteiger partial charge is 0.321 e. The first-order chi connectivity index (χ1) is 10.2. The summed E-state index contributed by atoms with van der Waals surface area (Å²) in [5.41, 5.74) is 1.41. The highest BCUT2D eigenvalue weighted by atomic mass is 19.1. The van der Waals surface area contributed by atoms with E-state index in [2.05, 4.69) is 9.97 Å². The summed E-state index contributed by atoms with van der Waals surface area (Å²) in [5, 5.41) is 11.2. The Morgan fingerprint density at radius 2 is 1.71 bits per heavy atom. The molecule has 0 spiro atoms. The zero-order valence-electron chi connectivity index (χ0n) is 10.8. The Hall–Kier alpha value is -3.02. The number of rotatable bonds is 3. The fourth-order valence-electron chi connectivity index (χ4n) is 1.75.